The Morgan fingerprint density at radius 3 is 1.78 bits per heavy atom. The van der Waals surface area contributed by atoms with Gasteiger partial charge in [-0.1, -0.05) is 65.8 Å². The minimum Gasteiger partial charge on any atom is -0.481 e. The molecule has 45 heavy (non-hydrogen) atoms. The molecule has 14 heteroatoms. The maximum absolute atomic E-state index is 13.1. The van der Waals surface area contributed by atoms with Crippen LogP contribution >= 0.6 is 0 Å². The number of primary amides is 1. The SMILES string of the molecule is CC(C)N[C@@H](CC(=O)O)C(=O)N[C@@H](CC(=O)NCc1ccccc1C[C@H](NC(C)C)C(=O)N[C@H](C(N)=O)[C@@H](C)O)C(=O)C(C)C. The van der Waals surface area contributed by atoms with Crippen LogP contribution in [0.3, 0.4) is 0 Å². The normalized spacial score (nSPS) is 14.7. The predicted molar refractivity (Wildman–Crippen MR) is 168 cm³/mol. The smallest absolute Gasteiger partial charge is 0.305 e. The summed E-state index contributed by atoms with van der Waals surface area (Å²) >= 11 is 0. The number of ketones is 1. The molecule has 0 bridgehead atoms. The first-order chi connectivity index (χ1) is 20.9. The minimum atomic E-state index is -1.27. The van der Waals surface area contributed by atoms with Crippen molar-refractivity contribution in [3.05, 3.63) is 35.4 Å². The molecule has 4 amide bonds. The van der Waals surface area contributed by atoms with Gasteiger partial charge in [0.2, 0.25) is 23.6 Å². The highest BCUT2D eigenvalue weighted by Gasteiger charge is 2.31. The van der Waals surface area contributed by atoms with Crippen molar-refractivity contribution in [2.24, 2.45) is 11.7 Å². The molecule has 0 unspecified atom stereocenters. The summed E-state index contributed by atoms with van der Waals surface area (Å²) in [5.74, 6) is -4.69. The van der Waals surface area contributed by atoms with Gasteiger partial charge < -0.3 is 42.5 Å². The first kappa shape index (κ1) is 39.1. The number of amides is 4. The molecule has 0 aliphatic carbocycles. The molecule has 0 saturated carbocycles. The van der Waals surface area contributed by atoms with E-state index in [1.54, 1.807) is 52.0 Å². The average molecular weight is 635 g/mol. The predicted octanol–water partition coefficient (Wildman–Crippen LogP) is -0.496. The van der Waals surface area contributed by atoms with Gasteiger partial charge in [0, 0.05) is 24.5 Å². The van der Waals surface area contributed by atoms with Gasteiger partial charge in [0.1, 0.15) is 6.04 Å². The van der Waals surface area contributed by atoms with E-state index >= 15 is 0 Å². The van der Waals surface area contributed by atoms with Crippen molar-refractivity contribution < 1.29 is 39.0 Å². The summed E-state index contributed by atoms with van der Waals surface area (Å²) in [7, 11) is 0. The molecule has 1 aromatic carbocycles. The van der Waals surface area contributed by atoms with Crippen LogP contribution < -0.4 is 32.3 Å². The van der Waals surface area contributed by atoms with Crippen LogP contribution in [-0.2, 0) is 41.7 Å². The number of rotatable bonds is 20. The highest BCUT2D eigenvalue weighted by Crippen LogP contribution is 2.13. The second kappa shape index (κ2) is 18.8. The Bertz CT molecular complexity index is 1190. The number of carbonyl (C=O) groups is 6. The zero-order valence-corrected chi connectivity index (χ0v) is 27.2. The van der Waals surface area contributed by atoms with Crippen molar-refractivity contribution in [3.8, 4) is 0 Å². The van der Waals surface area contributed by atoms with E-state index in [4.69, 9.17) is 5.73 Å². The molecule has 0 spiro atoms. The lowest BCUT2D eigenvalue weighted by atomic mass is 9.97. The quantitative estimate of drug-likeness (QED) is 0.0917. The molecule has 5 atom stereocenters. The lowest BCUT2D eigenvalue weighted by Gasteiger charge is -2.25. The highest BCUT2D eigenvalue weighted by atomic mass is 16.4. The summed E-state index contributed by atoms with van der Waals surface area (Å²) in [6.45, 7) is 11.9. The molecule has 0 aromatic heterocycles. The van der Waals surface area contributed by atoms with Crippen LogP contribution in [0.15, 0.2) is 24.3 Å². The Hall–Kier alpha value is -3.88. The number of benzene rings is 1. The molecule has 0 aliphatic rings. The van der Waals surface area contributed by atoms with Gasteiger partial charge in [0.15, 0.2) is 5.78 Å². The van der Waals surface area contributed by atoms with Crippen LogP contribution in [0.25, 0.3) is 0 Å². The Kier molecular flexibility index (Phi) is 16.4. The molecule has 0 fully saturated rings. The largest absolute Gasteiger partial charge is 0.481 e. The molecule has 1 rings (SSSR count). The third kappa shape index (κ3) is 14.2. The first-order valence-electron chi connectivity index (χ1n) is 15.1. The van der Waals surface area contributed by atoms with Crippen molar-refractivity contribution >= 4 is 35.4 Å². The number of nitrogens with one attached hydrogen (secondary N) is 5. The van der Waals surface area contributed by atoms with Crippen LogP contribution in [0, 0.1) is 5.92 Å². The number of aliphatic hydroxyl groups is 1. The maximum atomic E-state index is 13.1. The number of aliphatic hydroxyl groups excluding tert-OH is 1. The van der Waals surface area contributed by atoms with Gasteiger partial charge in [-0.2, -0.15) is 0 Å². The molecular weight excluding hydrogens is 584 g/mol. The maximum Gasteiger partial charge on any atom is 0.305 e. The topological polar surface area (TPSA) is 229 Å². The van der Waals surface area contributed by atoms with Gasteiger partial charge in [-0.3, -0.25) is 28.8 Å². The van der Waals surface area contributed by atoms with Crippen molar-refractivity contribution in [3.63, 3.8) is 0 Å². The van der Waals surface area contributed by atoms with Crippen LogP contribution in [0.4, 0.5) is 0 Å². The van der Waals surface area contributed by atoms with E-state index in [0.29, 0.717) is 5.56 Å². The molecule has 14 nitrogen and oxygen atoms in total. The highest BCUT2D eigenvalue weighted by molar-refractivity contribution is 5.96. The van der Waals surface area contributed by atoms with Gasteiger partial charge >= 0.3 is 5.97 Å². The summed E-state index contributed by atoms with van der Waals surface area (Å²) in [6, 6.07) is 2.45. The van der Waals surface area contributed by atoms with Crippen LogP contribution in [0.5, 0.6) is 0 Å². The third-order valence-electron chi connectivity index (χ3n) is 6.80. The lowest BCUT2D eigenvalue weighted by Crippen LogP contribution is -2.57. The molecule has 0 saturated heterocycles. The van der Waals surface area contributed by atoms with E-state index in [1.807, 2.05) is 13.8 Å². The van der Waals surface area contributed by atoms with Crippen molar-refractivity contribution in [2.45, 2.75) is 117 Å². The third-order valence-corrected chi connectivity index (χ3v) is 6.80. The molecule has 1 aromatic rings. The van der Waals surface area contributed by atoms with E-state index in [-0.39, 0.29) is 37.3 Å². The summed E-state index contributed by atoms with van der Waals surface area (Å²) < 4.78 is 0. The lowest BCUT2D eigenvalue weighted by molar-refractivity contribution is -0.140. The van der Waals surface area contributed by atoms with E-state index in [9.17, 15) is 39.0 Å². The molecule has 0 heterocycles. The number of hydrogen-bond donors (Lipinski definition) is 8. The fourth-order valence-corrected chi connectivity index (χ4v) is 4.62. The van der Waals surface area contributed by atoms with Crippen molar-refractivity contribution in [1.29, 1.82) is 0 Å². The first-order valence-corrected chi connectivity index (χ1v) is 15.1. The number of hydrogen-bond acceptors (Lipinski definition) is 9. The number of carboxylic acid groups (broad SMARTS) is 1. The van der Waals surface area contributed by atoms with Gasteiger partial charge in [0.25, 0.3) is 0 Å². The second-order valence-electron chi connectivity index (χ2n) is 12.0. The number of carboxylic acids is 1. The number of nitrogens with two attached hydrogens (primary N) is 1. The Labute approximate surface area is 264 Å². The number of aliphatic carboxylic acids is 1. The van der Waals surface area contributed by atoms with Crippen molar-refractivity contribution in [1.82, 2.24) is 26.6 Å². The van der Waals surface area contributed by atoms with E-state index in [2.05, 4.69) is 26.6 Å². The monoisotopic (exact) mass is 634 g/mol. The molecule has 9 N–H and O–H groups in total. The average Bonchev–Trinajstić information content (AvgIpc) is 2.92. The van der Waals surface area contributed by atoms with Crippen LogP contribution in [0.2, 0.25) is 0 Å². The summed E-state index contributed by atoms with van der Waals surface area (Å²) in [5, 5.41) is 33.0. The Morgan fingerprint density at radius 1 is 0.756 bits per heavy atom. The van der Waals surface area contributed by atoms with Crippen molar-refractivity contribution in [2.75, 3.05) is 0 Å². The molecule has 252 valence electrons. The van der Waals surface area contributed by atoms with E-state index < -0.39 is 72.2 Å². The van der Waals surface area contributed by atoms with Gasteiger partial charge in [0.05, 0.1) is 37.1 Å². The zero-order chi connectivity index (χ0) is 34.4. The second-order valence-corrected chi connectivity index (χ2v) is 12.0. The Balaban J connectivity index is 3.08. The molecule has 0 aliphatic heterocycles. The summed E-state index contributed by atoms with van der Waals surface area (Å²) in [6.07, 6.45) is -1.87. The fraction of sp³-hybridized carbons (Fsp3) is 0.613. The van der Waals surface area contributed by atoms with Crippen LogP contribution in [-0.4, -0.2) is 87.9 Å². The van der Waals surface area contributed by atoms with Gasteiger partial charge in [-0.15, -0.1) is 0 Å². The van der Waals surface area contributed by atoms with Crippen LogP contribution in [0.1, 0.15) is 72.4 Å². The minimum absolute atomic E-state index is 0.0513. The van der Waals surface area contributed by atoms with E-state index in [0.717, 1.165) is 5.56 Å². The Morgan fingerprint density at radius 2 is 1.29 bits per heavy atom. The summed E-state index contributed by atoms with van der Waals surface area (Å²) in [5.41, 5.74) is 6.75. The zero-order valence-electron chi connectivity index (χ0n) is 27.2. The van der Waals surface area contributed by atoms with Gasteiger partial charge in [-0.05, 0) is 24.5 Å². The number of Topliss-reactive ketones (excluding diaryl/α,β-unsaturated/α-hetero) is 1. The molecular formula is C31H50N6O8. The number of carbonyl (C=O) groups excluding carboxylic acids is 5. The van der Waals surface area contributed by atoms with E-state index in [1.165, 1.54) is 6.92 Å². The molecule has 0 radical (unpaired) electrons. The standard InChI is InChI=1S/C31H50N6O8/c1-16(2)28(42)22(36-30(44)24(14-26(40)41)35-18(5)6)13-25(39)33-15-21-11-9-8-10-20(21)12-23(34-17(3)4)31(45)37-27(19(7)38)29(32)43/h8-11,16-19,22-24,27,34-35,38H,12-15H2,1-7H3,(H2,32,43)(H,33,39)(H,36,44)(H,37,45)(H,40,41)/t19-,22+,23+,24+,27+/m1/s1. The fourth-order valence-electron chi connectivity index (χ4n) is 4.62. The van der Waals surface area contributed by atoms with Gasteiger partial charge in [-0.25, -0.2) is 0 Å². The summed E-state index contributed by atoms with van der Waals surface area (Å²) in [4.78, 5) is 75.0.